The van der Waals surface area contributed by atoms with Crippen molar-refractivity contribution < 1.29 is 14.3 Å². The van der Waals surface area contributed by atoms with E-state index in [1.807, 2.05) is 84.9 Å². The van der Waals surface area contributed by atoms with Gasteiger partial charge in [0.05, 0.1) is 12.8 Å². The molecule has 2 amide bonds. The minimum Gasteiger partial charge on any atom is -0.497 e. The Morgan fingerprint density at radius 2 is 1.70 bits per heavy atom. The minimum atomic E-state index is -0.544. The summed E-state index contributed by atoms with van der Waals surface area (Å²) >= 11 is 1.33. The number of ether oxygens (including phenoxy) is 1. The topological polar surface area (TPSA) is 71.0 Å². The van der Waals surface area contributed by atoms with Crippen molar-refractivity contribution in [2.75, 3.05) is 19.0 Å². The molecule has 1 heterocycles. The highest BCUT2D eigenvalue weighted by Gasteiger charge is 2.35. The Morgan fingerprint density at radius 3 is 2.36 bits per heavy atom. The quantitative estimate of drug-likeness (QED) is 0.546. The molecular weight excluding hydrogens is 434 g/mol. The molecule has 1 fully saturated rings. The zero-order chi connectivity index (χ0) is 23.0. The van der Waals surface area contributed by atoms with Crippen LogP contribution < -0.4 is 10.1 Å². The monoisotopic (exact) mass is 459 g/mol. The van der Waals surface area contributed by atoms with E-state index in [0.29, 0.717) is 23.8 Å². The Balaban J connectivity index is 1.52. The number of amides is 2. The van der Waals surface area contributed by atoms with E-state index in [4.69, 9.17) is 9.73 Å². The van der Waals surface area contributed by atoms with Gasteiger partial charge in [0.2, 0.25) is 11.8 Å². The van der Waals surface area contributed by atoms with Gasteiger partial charge in [0.25, 0.3) is 0 Å². The third-order valence-corrected chi connectivity index (χ3v) is 6.43. The highest BCUT2D eigenvalue weighted by atomic mass is 32.2. The second-order valence-corrected chi connectivity index (χ2v) is 8.71. The van der Waals surface area contributed by atoms with Gasteiger partial charge < -0.3 is 10.1 Å². The fraction of sp³-hybridized carbons (Fsp3) is 0.192. The van der Waals surface area contributed by atoms with Crippen molar-refractivity contribution in [1.29, 1.82) is 0 Å². The third kappa shape index (κ3) is 6.02. The number of rotatable bonds is 7. The highest BCUT2D eigenvalue weighted by molar-refractivity contribution is 8.15. The molecule has 0 aliphatic carbocycles. The van der Waals surface area contributed by atoms with E-state index in [2.05, 4.69) is 5.32 Å². The first-order valence-electron chi connectivity index (χ1n) is 10.7. The molecule has 1 saturated heterocycles. The molecule has 1 unspecified atom stereocenters. The first kappa shape index (κ1) is 22.6. The summed E-state index contributed by atoms with van der Waals surface area (Å²) in [5.41, 5.74) is 2.54. The number of anilines is 1. The predicted molar refractivity (Wildman–Crippen MR) is 133 cm³/mol. The number of hydrogen-bond acceptors (Lipinski definition) is 5. The zero-order valence-electron chi connectivity index (χ0n) is 18.3. The van der Waals surface area contributed by atoms with Gasteiger partial charge in [0, 0.05) is 18.7 Å². The Bertz CT molecular complexity index is 1120. The van der Waals surface area contributed by atoms with Gasteiger partial charge in [-0.2, -0.15) is 0 Å². The van der Waals surface area contributed by atoms with Crippen LogP contribution in [0.15, 0.2) is 89.9 Å². The van der Waals surface area contributed by atoms with Crippen LogP contribution in [0.2, 0.25) is 0 Å². The van der Waals surface area contributed by atoms with Crippen LogP contribution in [-0.2, 0) is 16.0 Å². The molecule has 1 N–H and O–H groups in total. The molecule has 33 heavy (non-hydrogen) atoms. The first-order chi connectivity index (χ1) is 16.1. The number of benzene rings is 3. The lowest BCUT2D eigenvalue weighted by Gasteiger charge is -2.32. The summed E-state index contributed by atoms with van der Waals surface area (Å²) in [6, 6.07) is 26.5. The van der Waals surface area contributed by atoms with E-state index in [-0.39, 0.29) is 18.2 Å². The molecule has 0 saturated carbocycles. The Labute approximate surface area is 197 Å². The molecule has 1 aliphatic rings. The molecule has 1 aliphatic heterocycles. The van der Waals surface area contributed by atoms with Gasteiger partial charge in [0.1, 0.15) is 11.0 Å². The summed E-state index contributed by atoms with van der Waals surface area (Å²) in [4.78, 5) is 32.4. The van der Waals surface area contributed by atoms with Gasteiger partial charge >= 0.3 is 0 Å². The Morgan fingerprint density at radius 1 is 1.03 bits per heavy atom. The lowest BCUT2D eigenvalue weighted by Crippen LogP contribution is -2.46. The molecule has 3 aromatic rings. The molecule has 0 radical (unpaired) electrons. The summed E-state index contributed by atoms with van der Waals surface area (Å²) in [5.74, 6) is 0.488. The van der Waals surface area contributed by atoms with E-state index < -0.39 is 5.25 Å². The van der Waals surface area contributed by atoms with Crippen molar-refractivity contribution in [2.24, 2.45) is 4.99 Å². The Kier molecular flexibility index (Phi) is 7.42. The Hall–Kier alpha value is -3.58. The second kappa shape index (κ2) is 10.8. The lowest BCUT2D eigenvalue weighted by atomic mass is 10.1. The smallest absolute Gasteiger partial charge is 0.238 e. The van der Waals surface area contributed by atoms with Crippen molar-refractivity contribution in [3.8, 4) is 5.75 Å². The van der Waals surface area contributed by atoms with Gasteiger partial charge in [-0.15, -0.1) is 0 Å². The number of nitrogens with one attached hydrogen (secondary N) is 1. The predicted octanol–water partition coefficient (Wildman–Crippen LogP) is 4.90. The summed E-state index contributed by atoms with van der Waals surface area (Å²) < 4.78 is 5.22. The number of carbonyl (C=O) groups excluding carboxylic acids is 2. The van der Waals surface area contributed by atoms with Crippen LogP contribution in [0.1, 0.15) is 12.0 Å². The summed E-state index contributed by atoms with van der Waals surface area (Å²) in [7, 11) is 1.63. The molecule has 0 spiro atoms. The molecule has 3 aromatic carbocycles. The van der Waals surface area contributed by atoms with Crippen molar-refractivity contribution in [2.45, 2.75) is 18.1 Å². The molecule has 168 valence electrons. The molecule has 4 rings (SSSR count). The van der Waals surface area contributed by atoms with Crippen molar-refractivity contribution in [1.82, 2.24) is 4.90 Å². The number of hydrogen-bond donors (Lipinski definition) is 1. The summed E-state index contributed by atoms with van der Waals surface area (Å²) in [5, 5.41) is 2.90. The second-order valence-electron chi connectivity index (χ2n) is 7.54. The number of para-hydroxylation sites is 2. The number of thioether (sulfide) groups is 1. The number of aliphatic imine (C=N–C) groups is 1. The van der Waals surface area contributed by atoms with E-state index in [0.717, 1.165) is 17.0 Å². The number of amidine groups is 1. The van der Waals surface area contributed by atoms with Gasteiger partial charge in [-0.3, -0.25) is 14.5 Å². The zero-order valence-corrected chi connectivity index (χ0v) is 19.1. The molecule has 1 atom stereocenters. The summed E-state index contributed by atoms with van der Waals surface area (Å²) in [6.45, 7) is 0.483. The molecule has 6 nitrogen and oxygen atoms in total. The highest BCUT2D eigenvalue weighted by Crippen LogP contribution is 2.30. The maximum atomic E-state index is 13.1. The van der Waals surface area contributed by atoms with Crippen LogP contribution in [0.25, 0.3) is 0 Å². The SMILES string of the molecule is COc1ccc(CCN2C(=O)CC(C(=O)Nc3ccccc3)SC2=Nc2ccccc2)cc1. The van der Waals surface area contributed by atoms with Gasteiger partial charge in [-0.05, 0) is 48.4 Å². The van der Waals surface area contributed by atoms with Gasteiger partial charge in [-0.25, -0.2) is 4.99 Å². The number of methoxy groups -OCH3 is 1. The van der Waals surface area contributed by atoms with Crippen molar-refractivity contribution in [3.63, 3.8) is 0 Å². The number of carbonyl (C=O) groups is 2. The molecule has 0 bridgehead atoms. The van der Waals surface area contributed by atoms with E-state index in [1.165, 1.54) is 11.8 Å². The van der Waals surface area contributed by atoms with Crippen molar-refractivity contribution >= 4 is 40.1 Å². The fourth-order valence-corrected chi connectivity index (χ4v) is 4.58. The summed E-state index contributed by atoms with van der Waals surface area (Å²) in [6.07, 6.45) is 0.796. The van der Waals surface area contributed by atoms with E-state index >= 15 is 0 Å². The first-order valence-corrected chi connectivity index (χ1v) is 11.6. The molecule has 0 aromatic heterocycles. The van der Waals surface area contributed by atoms with Crippen LogP contribution in [0, 0.1) is 0 Å². The van der Waals surface area contributed by atoms with Crippen molar-refractivity contribution in [3.05, 3.63) is 90.5 Å². The average molecular weight is 460 g/mol. The van der Waals surface area contributed by atoms with Gasteiger partial charge in [-0.1, -0.05) is 60.3 Å². The average Bonchev–Trinajstić information content (AvgIpc) is 2.85. The molecule has 7 heteroatoms. The third-order valence-electron chi connectivity index (χ3n) is 5.24. The normalized spacial score (nSPS) is 17.1. The van der Waals surface area contributed by atoms with Crippen LogP contribution >= 0.6 is 11.8 Å². The largest absolute Gasteiger partial charge is 0.497 e. The standard InChI is InChI=1S/C26H25N3O3S/c1-32-22-14-12-19(13-15-22)16-17-29-24(30)18-23(25(31)27-20-8-4-2-5-9-20)33-26(29)28-21-10-6-3-7-11-21/h2-15,23H,16-18H2,1H3,(H,27,31). The van der Waals surface area contributed by atoms with Crippen LogP contribution in [0.5, 0.6) is 5.75 Å². The molecular formula is C26H25N3O3S. The minimum absolute atomic E-state index is 0.106. The van der Waals surface area contributed by atoms with Crippen LogP contribution in [0.3, 0.4) is 0 Å². The lowest BCUT2D eigenvalue weighted by molar-refractivity contribution is -0.129. The maximum absolute atomic E-state index is 13.1. The van der Waals surface area contributed by atoms with E-state index in [9.17, 15) is 9.59 Å². The maximum Gasteiger partial charge on any atom is 0.238 e. The number of nitrogens with zero attached hydrogens (tertiary/aromatic N) is 2. The fourth-order valence-electron chi connectivity index (χ4n) is 3.45. The van der Waals surface area contributed by atoms with Crippen LogP contribution in [0.4, 0.5) is 11.4 Å². The van der Waals surface area contributed by atoms with Crippen LogP contribution in [-0.4, -0.2) is 40.8 Å². The van der Waals surface area contributed by atoms with E-state index in [1.54, 1.807) is 12.0 Å². The van der Waals surface area contributed by atoms with Gasteiger partial charge in [0.15, 0.2) is 5.17 Å².